The number of furan rings is 1. The number of benzene rings is 2. The summed E-state index contributed by atoms with van der Waals surface area (Å²) in [6.07, 6.45) is 3.66. The van der Waals surface area contributed by atoms with Crippen LogP contribution in [0.25, 0.3) is 11.0 Å². The zero-order valence-corrected chi connectivity index (χ0v) is 17.3. The van der Waals surface area contributed by atoms with Gasteiger partial charge in [-0.3, -0.25) is 14.9 Å². The molecule has 1 heterocycles. The average Bonchev–Trinajstić information content (AvgIpc) is 3.37. The second-order valence-electron chi connectivity index (χ2n) is 7.70. The minimum absolute atomic E-state index is 0.0103. The van der Waals surface area contributed by atoms with E-state index in [9.17, 15) is 14.4 Å². The normalized spacial score (nSPS) is 13.5. The second kappa shape index (κ2) is 9.04. The molecule has 31 heavy (non-hydrogen) atoms. The molecule has 0 bridgehead atoms. The lowest BCUT2D eigenvalue weighted by molar-refractivity contribution is -0.153. The van der Waals surface area contributed by atoms with Crippen LogP contribution >= 0.6 is 0 Å². The van der Waals surface area contributed by atoms with Crippen LogP contribution in [0.4, 0.5) is 4.79 Å². The van der Waals surface area contributed by atoms with Crippen LogP contribution in [0.5, 0.6) is 0 Å². The van der Waals surface area contributed by atoms with Gasteiger partial charge >= 0.3 is 12.0 Å². The molecule has 3 aromatic rings. The van der Waals surface area contributed by atoms with Crippen LogP contribution in [-0.4, -0.2) is 24.0 Å². The van der Waals surface area contributed by atoms with E-state index in [1.54, 1.807) is 6.26 Å². The summed E-state index contributed by atoms with van der Waals surface area (Å²) in [6, 6.07) is 12.8. The topological polar surface area (TPSA) is 97.6 Å². The molecule has 7 nitrogen and oxygen atoms in total. The van der Waals surface area contributed by atoms with Crippen LogP contribution < -0.4 is 10.6 Å². The molecule has 1 unspecified atom stereocenters. The number of hydrogen-bond acceptors (Lipinski definition) is 5. The number of carbonyl (C=O) groups excluding carboxylic acids is 3. The van der Waals surface area contributed by atoms with Gasteiger partial charge in [0, 0.05) is 17.5 Å². The molecule has 0 spiro atoms. The molecule has 3 amide bonds. The zero-order valence-electron chi connectivity index (χ0n) is 17.3. The van der Waals surface area contributed by atoms with E-state index in [0.29, 0.717) is 0 Å². The van der Waals surface area contributed by atoms with E-state index in [4.69, 9.17) is 9.15 Å². The quantitative estimate of drug-likeness (QED) is 0.596. The van der Waals surface area contributed by atoms with Gasteiger partial charge in [0.05, 0.1) is 12.7 Å². The van der Waals surface area contributed by atoms with Gasteiger partial charge in [-0.15, -0.1) is 0 Å². The van der Waals surface area contributed by atoms with Gasteiger partial charge in [-0.1, -0.05) is 30.3 Å². The molecule has 1 atom stereocenters. The van der Waals surface area contributed by atoms with E-state index >= 15 is 0 Å². The molecule has 0 aliphatic heterocycles. The van der Waals surface area contributed by atoms with Crippen molar-refractivity contribution in [1.82, 2.24) is 10.6 Å². The van der Waals surface area contributed by atoms with Crippen LogP contribution in [0.3, 0.4) is 0 Å². The Morgan fingerprint density at radius 1 is 1.10 bits per heavy atom. The SMILES string of the molecule is CC(OC(=O)Cc1coc2cc3c(cc12)CCC3)C(=O)NC(=O)NCc1ccccc1. The first kappa shape index (κ1) is 20.7. The van der Waals surface area contributed by atoms with Gasteiger partial charge < -0.3 is 14.5 Å². The van der Waals surface area contributed by atoms with Crippen molar-refractivity contribution in [3.05, 3.63) is 71.0 Å². The molecule has 2 N–H and O–H groups in total. The van der Waals surface area contributed by atoms with Crippen LogP contribution in [-0.2, 0) is 40.1 Å². The lowest BCUT2D eigenvalue weighted by atomic mass is 10.0. The van der Waals surface area contributed by atoms with Crippen molar-refractivity contribution in [1.29, 1.82) is 0 Å². The highest BCUT2D eigenvalue weighted by atomic mass is 16.5. The minimum Gasteiger partial charge on any atom is -0.464 e. The largest absolute Gasteiger partial charge is 0.464 e. The number of ether oxygens (including phenoxy) is 1. The van der Waals surface area contributed by atoms with E-state index in [-0.39, 0.29) is 13.0 Å². The third-order valence-electron chi connectivity index (χ3n) is 5.41. The van der Waals surface area contributed by atoms with Crippen LogP contribution in [0.2, 0.25) is 0 Å². The monoisotopic (exact) mass is 420 g/mol. The van der Waals surface area contributed by atoms with E-state index in [1.165, 1.54) is 18.1 Å². The lowest BCUT2D eigenvalue weighted by Crippen LogP contribution is -2.44. The number of nitrogens with one attached hydrogen (secondary N) is 2. The number of imide groups is 1. The standard InChI is InChI=1S/C24H24N2O5/c1-15(23(28)26-24(29)25-13-16-6-3-2-4-7-16)31-22(27)12-19-14-30-21-11-18-9-5-8-17(18)10-20(19)21/h2-4,6-7,10-11,14-15H,5,8-9,12-13H2,1H3,(H2,25,26,28,29). The Kier molecular flexibility index (Phi) is 6.02. The highest BCUT2D eigenvalue weighted by Gasteiger charge is 2.22. The van der Waals surface area contributed by atoms with E-state index in [1.807, 2.05) is 36.4 Å². The molecule has 0 saturated carbocycles. The Bertz CT molecular complexity index is 1120. The van der Waals surface area contributed by atoms with Gasteiger partial charge in [0.2, 0.25) is 0 Å². The first-order valence-corrected chi connectivity index (χ1v) is 10.3. The second-order valence-corrected chi connectivity index (χ2v) is 7.70. The summed E-state index contributed by atoms with van der Waals surface area (Å²) < 4.78 is 10.8. The fourth-order valence-electron chi connectivity index (χ4n) is 3.77. The van der Waals surface area contributed by atoms with Gasteiger partial charge in [-0.05, 0) is 55.0 Å². The number of amides is 3. The van der Waals surface area contributed by atoms with Gasteiger partial charge in [0.25, 0.3) is 5.91 Å². The predicted molar refractivity (Wildman–Crippen MR) is 114 cm³/mol. The van der Waals surface area contributed by atoms with Crippen LogP contribution in [0.15, 0.2) is 53.1 Å². The van der Waals surface area contributed by atoms with Crippen molar-refractivity contribution in [3.8, 4) is 0 Å². The lowest BCUT2D eigenvalue weighted by Gasteiger charge is -2.13. The van der Waals surface area contributed by atoms with Crippen molar-refractivity contribution in [2.45, 2.75) is 45.3 Å². The van der Waals surface area contributed by atoms with Crippen molar-refractivity contribution in [2.24, 2.45) is 0 Å². The molecular weight excluding hydrogens is 396 g/mol. The van der Waals surface area contributed by atoms with E-state index in [0.717, 1.165) is 41.4 Å². The molecule has 0 fully saturated rings. The highest BCUT2D eigenvalue weighted by molar-refractivity contribution is 5.97. The molecule has 7 heteroatoms. The van der Waals surface area contributed by atoms with E-state index < -0.39 is 24.0 Å². The number of esters is 1. The van der Waals surface area contributed by atoms with E-state index in [2.05, 4.69) is 16.7 Å². The van der Waals surface area contributed by atoms with Gasteiger partial charge in [-0.25, -0.2) is 4.79 Å². The third kappa shape index (κ3) is 4.94. The number of carbonyl (C=O) groups is 3. The Morgan fingerprint density at radius 3 is 2.61 bits per heavy atom. The van der Waals surface area contributed by atoms with Crippen molar-refractivity contribution in [2.75, 3.05) is 0 Å². The molecular formula is C24H24N2O5. The Hall–Kier alpha value is -3.61. The number of fused-ring (bicyclic) bond motifs is 2. The van der Waals surface area contributed by atoms with Gasteiger partial charge in [-0.2, -0.15) is 0 Å². The maximum absolute atomic E-state index is 12.4. The maximum Gasteiger partial charge on any atom is 0.321 e. The Morgan fingerprint density at radius 2 is 1.84 bits per heavy atom. The third-order valence-corrected chi connectivity index (χ3v) is 5.41. The number of hydrogen-bond donors (Lipinski definition) is 2. The average molecular weight is 420 g/mol. The summed E-state index contributed by atoms with van der Waals surface area (Å²) >= 11 is 0. The summed E-state index contributed by atoms with van der Waals surface area (Å²) in [6.45, 7) is 1.71. The molecule has 160 valence electrons. The number of aryl methyl sites for hydroxylation is 2. The molecule has 0 radical (unpaired) electrons. The number of rotatable bonds is 6. The molecule has 2 aromatic carbocycles. The fraction of sp³-hybridized carbons (Fsp3) is 0.292. The number of urea groups is 1. The summed E-state index contributed by atoms with van der Waals surface area (Å²) in [5.41, 5.74) is 4.97. The molecule has 4 rings (SSSR count). The fourth-order valence-corrected chi connectivity index (χ4v) is 3.77. The molecule has 1 aliphatic carbocycles. The first-order valence-electron chi connectivity index (χ1n) is 10.3. The van der Waals surface area contributed by atoms with Crippen LogP contribution in [0.1, 0.15) is 35.6 Å². The summed E-state index contributed by atoms with van der Waals surface area (Å²) in [4.78, 5) is 36.4. The Labute approximate surface area is 179 Å². The van der Waals surface area contributed by atoms with Gasteiger partial charge in [0.1, 0.15) is 5.58 Å². The van der Waals surface area contributed by atoms with Crippen molar-refractivity contribution in [3.63, 3.8) is 0 Å². The van der Waals surface area contributed by atoms with Gasteiger partial charge in [0.15, 0.2) is 6.10 Å². The molecule has 0 saturated heterocycles. The smallest absolute Gasteiger partial charge is 0.321 e. The predicted octanol–water partition coefficient (Wildman–Crippen LogP) is 3.42. The Balaban J connectivity index is 1.28. The highest BCUT2D eigenvalue weighted by Crippen LogP contribution is 2.30. The zero-order chi connectivity index (χ0) is 21.8. The van der Waals surface area contributed by atoms with Crippen molar-refractivity contribution < 1.29 is 23.5 Å². The summed E-state index contributed by atoms with van der Waals surface area (Å²) in [5, 5.41) is 5.68. The summed E-state index contributed by atoms with van der Waals surface area (Å²) in [7, 11) is 0. The molecule has 1 aliphatic rings. The maximum atomic E-state index is 12.4. The first-order chi connectivity index (χ1) is 15.0. The minimum atomic E-state index is -1.10. The molecule has 1 aromatic heterocycles. The van der Waals surface area contributed by atoms with Crippen LogP contribution in [0, 0.1) is 0 Å². The van der Waals surface area contributed by atoms with Crippen molar-refractivity contribution >= 4 is 28.9 Å². The summed E-state index contributed by atoms with van der Waals surface area (Å²) in [5.74, 6) is -1.25.